The molecular formula is C25H33N5O2. The molecule has 0 bridgehead atoms. The first kappa shape index (κ1) is 22.2. The zero-order valence-electron chi connectivity index (χ0n) is 19.3. The smallest absolute Gasteiger partial charge is 0.231 e. The molecular weight excluding hydrogens is 402 g/mol. The summed E-state index contributed by atoms with van der Waals surface area (Å²) in [6, 6.07) is 10.1. The van der Waals surface area contributed by atoms with E-state index in [1.54, 1.807) is 12.4 Å². The van der Waals surface area contributed by atoms with Gasteiger partial charge in [-0.15, -0.1) is 0 Å². The molecule has 170 valence electrons. The van der Waals surface area contributed by atoms with E-state index in [9.17, 15) is 9.59 Å². The molecule has 32 heavy (non-hydrogen) atoms. The summed E-state index contributed by atoms with van der Waals surface area (Å²) in [4.78, 5) is 29.2. The van der Waals surface area contributed by atoms with Gasteiger partial charge in [-0.25, -0.2) is 0 Å². The molecule has 2 amide bonds. The molecule has 0 atom stereocenters. The molecule has 1 aromatic carbocycles. The number of amides is 2. The Kier molecular flexibility index (Phi) is 6.44. The monoisotopic (exact) mass is 435 g/mol. The molecule has 2 aromatic rings. The Morgan fingerprint density at radius 2 is 1.72 bits per heavy atom. The van der Waals surface area contributed by atoms with Crippen molar-refractivity contribution < 1.29 is 9.59 Å². The molecule has 7 heteroatoms. The van der Waals surface area contributed by atoms with Gasteiger partial charge in [0.2, 0.25) is 11.8 Å². The number of carbonyl (C=O) groups excluding carboxylic acids is 2. The fraction of sp³-hybridized carbons (Fsp3) is 0.520. The summed E-state index contributed by atoms with van der Waals surface area (Å²) in [7, 11) is 0. The zero-order chi connectivity index (χ0) is 22.7. The average Bonchev–Trinajstić information content (AvgIpc) is 2.73. The highest BCUT2D eigenvalue weighted by Gasteiger charge is 2.33. The topological polar surface area (TPSA) is 78.4 Å². The number of piperidine rings is 1. The van der Waals surface area contributed by atoms with Crippen molar-refractivity contribution in [1.82, 2.24) is 15.1 Å². The lowest BCUT2D eigenvalue weighted by atomic mass is 9.87. The fourth-order valence-corrected chi connectivity index (χ4v) is 4.44. The summed E-state index contributed by atoms with van der Waals surface area (Å²) >= 11 is 0. The summed E-state index contributed by atoms with van der Waals surface area (Å²) in [6.07, 6.45) is 5.96. The molecule has 0 saturated carbocycles. The standard InChI is InChI=1S/C25H33N5O2/c1-25(2,3)14-23(31)29-12-9-19(10-13-29)18-4-6-21(7-5-18)28-24(32)20-16-30(17-20)22-8-11-26-27-15-22/h4-8,11,15,19-20H,9-10,12-14,16-17H2,1-3H3,(H,28,32). The van der Waals surface area contributed by atoms with Gasteiger partial charge in [-0.3, -0.25) is 9.59 Å². The molecule has 0 spiro atoms. The minimum Gasteiger partial charge on any atom is -0.368 e. The highest BCUT2D eigenvalue weighted by atomic mass is 16.2. The predicted octanol–water partition coefficient (Wildman–Crippen LogP) is 3.69. The molecule has 2 fully saturated rings. The second-order valence-corrected chi connectivity index (χ2v) is 10.2. The van der Waals surface area contributed by atoms with E-state index in [2.05, 4.69) is 53.3 Å². The minimum absolute atomic E-state index is 0.0159. The number of nitrogens with zero attached hydrogens (tertiary/aromatic N) is 4. The maximum atomic E-state index is 12.6. The van der Waals surface area contributed by atoms with Crippen molar-refractivity contribution >= 4 is 23.2 Å². The van der Waals surface area contributed by atoms with Gasteiger partial charge in [-0.2, -0.15) is 10.2 Å². The molecule has 2 aliphatic heterocycles. The van der Waals surface area contributed by atoms with Crippen molar-refractivity contribution in [2.45, 2.75) is 46.0 Å². The van der Waals surface area contributed by atoms with Crippen LogP contribution in [0.4, 0.5) is 11.4 Å². The van der Waals surface area contributed by atoms with Crippen LogP contribution in [0, 0.1) is 11.3 Å². The number of rotatable bonds is 5. The van der Waals surface area contributed by atoms with Crippen LogP contribution < -0.4 is 10.2 Å². The second kappa shape index (κ2) is 9.27. The average molecular weight is 436 g/mol. The summed E-state index contributed by atoms with van der Waals surface area (Å²) in [6.45, 7) is 9.36. The lowest BCUT2D eigenvalue weighted by Gasteiger charge is -2.39. The fourth-order valence-electron chi connectivity index (χ4n) is 4.44. The number of benzene rings is 1. The number of hydrogen-bond donors (Lipinski definition) is 1. The molecule has 0 aliphatic carbocycles. The van der Waals surface area contributed by atoms with E-state index in [0.717, 1.165) is 37.3 Å². The van der Waals surface area contributed by atoms with Gasteiger partial charge in [0.1, 0.15) is 0 Å². The van der Waals surface area contributed by atoms with Gasteiger partial charge in [-0.05, 0) is 47.9 Å². The SMILES string of the molecule is CC(C)(C)CC(=O)N1CCC(c2ccc(NC(=O)C3CN(c4ccnnc4)C3)cc2)CC1. The first-order chi connectivity index (χ1) is 15.3. The van der Waals surface area contributed by atoms with Crippen LogP contribution in [0.15, 0.2) is 42.7 Å². The Bertz CT molecular complexity index is 925. The van der Waals surface area contributed by atoms with Gasteiger partial charge in [-0.1, -0.05) is 32.9 Å². The van der Waals surface area contributed by atoms with E-state index in [1.165, 1.54) is 5.56 Å². The highest BCUT2D eigenvalue weighted by Crippen LogP contribution is 2.31. The van der Waals surface area contributed by atoms with Crippen LogP contribution >= 0.6 is 0 Å². The molecule has 2 aliphatic rings. The van der Waals surface area contributed by atoms with Crippen LogP contribution in [-0.2, 0) is 9.59 Å². The number of carbonyl (C=O) groups is 2. The normalized spacial score (nSPS) is 17.7. The number of likely N-dealkylation sites (tertiary alicyclic amines) is 1. The van der Waals surface area contributed by atoms with Gasteiger partial charge in [0, 0.05) is 38.3 Å². The molecule has 1 N–H and O–H groups in total. The maximum Gasteiger partial charge on any atom is 0.231 e. The third-order valence-corrected chi connectivity index (χ3v) is 6.36. The van der Waals surface area contributed by atoms with Gasteiger partial charge in [0.15, 0.2) is 0 Å². The molecule has 4 rings (SSSR count). The molecule has 2 saturated heterocycles. The lowest BCUT2D eigenvalue weighted by Crippen LogP contribution is -2.52. The van der Waals surface area contributed by atoms with E-state index in [4.69, 9.17) is 0 Å². The Morgan fingerprint density at radius 3 is 2.31 bits per heavy atom. The van der Waals surface area contributed by atoms with Crippen LogP contribution in [0.1, 0.15) is 51.5 Å². The number of aromatic nitrogens is 2. The quantitative estimate of drug-likeness (QED) is 0.775. The summed E-state index contributed by atoms with van der Waals surface area (Å²) in [5.74, 6) is 0.774. The third kappa shape index (κ3) is 5.44. The van der Waals surface area contributed by atoms with E-state index in [1.807, 2.05) is 23.1 Å². The zero-order valence-corrected chi connectivity index (χ0v) is 19.3. The maximum absolute atomic E-state index is 12.6. The predicted molar refractivity (Wildman–Crippen MR) is 125 cm³/mol. The van der Waals surface area contributed by atoms with E-state index >= 15 is 0 Å². The van der Waals surface area contributed by atoms with Crippen LogP contribution in [0.3, 0.4) is 0 Å². The molecule has 0 unspecified atom stereocenters. The molecule has 1 aromatic heterocycles. The van der Waals surface area contributed by atoms with Gasteiger partial charge in [0.25, 0.3) is 0 Å². The van der Waals surface area contributed by atoms with Crippen molar-refractivity contribution in [1.29, 1.82) is 0 Å². The molecule has 0 radical (unpaired) electrons. The van der Waals surface area contributed by atoms with Gasteiger partial charge < -0.3 is 15.1 Å². The highest BCUT2D eigenvalue weighted by molar-refractivity contribution is 5.94. The van der Waals surface area contributed by atoms with E-state index < -0.39 is 0 Å². The largest absolute Gasteiger partial charge is 0.368 e. The Hall–Kier alpha value is -2.96. The lowest BCUT2D eigenvalue weighted by molar-refractivity contribution is -0.134. The van der Waals surface area contributed by atoms with Crippen molar-refractivity contribution in [2.24, 2.45) is 11.3 Å². The third-order valence-electron chi connectivity index (χ3n) is 6.36. The first-order valence-electron chi connectivity index (χ1n) is 11.5. The Morgan fingerprint density at radius 1 is 1.03 bits per heavy atom. The van der Waals surface area contributed by atoms with Gasteiger partial charge in [0.05, 0.1) is 24.0 Å². The van der Waals surface area contributed by atoms with Crippen molar-refractivity contribution in [3.63, 3.8) is 0 Å². The second-order valence-electron chi connectivity index (χ2n) is 10.2. The van der Waals surface area contributed by atoms with Crippen LogP contribution in [-0.4, -0.2) is 53.1 Å². The summed E-state index contributed by atoms with van der Waals surface area (Å²) in [5, 5.41) is 10.7. The molecule has 3 heterocycles. The number of anilines is 2. The van der Waals surface area contributed by atoms with Gasteiger partial charge >= 0.3 is 0 Å². The summed E-state index contributed by atoms with van der Waals surface area (Å²) < 4.78 is 0. The number of nitrogens with one attached hydrogen (secondary N) is 1. The minimum atomic E-state index is -0.0159. The van der Waals surface area contributed by atoms with Crippen LogP contribution in [0.2, 0.25) is 0 Å². The van der Waals surface area contributed by atoms with Crippen LogP contribution in [0.25, 0.3) is 0 Å². The van der Waals surface area contributed by atoms with Crippen molar-refractivity contribution in [3.05, 3.63) is 48.3 Å². The Balaban J connectivity index is 1.24. The Labute approximate surface area is 190 Å². The molecule has 7 nitrogen and oxygen atoms in total. The summed E-state index contributed by atoms with van der Waals surface area (Å²) in [5.41, 5.74) is 3.15. The van der Waals surface area contributed by atoms with Crippen molar-refractivity contribution in [2.75, 3.05) is 36.4 Å². The number of hydrogen-bond acceptors (Lipinski definition) is 5. The van der Waals surface area contributed by atoms with Crippen molar-refractivity contribution in [3.8, 4) is 0 Å². The van der Waals surface area contributed by atoms with E-state index in [-0.39, 0.29) is 23.1 Å². The van der Waals surface area contributed by atoms with Crippen LogP contribution in [0.5, 0.6) is 0 Å². The van der Waals surface area contributed by atoms with E-state index in [0.29, 0.717) is 25.4 Å². The first-order valence-corrected chi connectivity index (χ1v) is 11.5.